The van der Waals surface area contributed by atoms with Gasteiger partial charge in [0.1, 0.15) is 0 Å². The van der Waals surface area contributed by atoms with Gasteiger partial charge in [-0.15, -0.1) is 0 Å². The molecule has 22 heavy (non-hydrogen) atoms. The van der Waals surface area contributed by atoms with E-state index < -0.39 is 0 Å². The summed E-state index contributed by atoms with van der Waals surface area (Å²) in [6.45, 7) is 9.26. The van der Waals surface area contributed by atoms with Crippen molar-refractivity contribution < 1.29 is 4.79 Å². The van der Waals surface area contributed by atoms with Gasteiger partial charge in [-0.05, 0) is 44.2 Å². The van der Waals surface area contributed by atoms with Crippen LogP contribution in [0.2, 0.25) is 0 Å². The maximum atomic E-state index is 11.3. The van der Waals surface area contributed by atoms with Gasteiger partial charge in [0.2, 0.25) is 7.85 Å². The Labute approximate surface area is 136 Å². The molecule has 0 aromatic heterocycles. The van der Waals surface area contributed by atoms with Crippen LogP contribution in [0, 0.1) is 12.8 Å². The maximum absolute atomic E-state index is 11.3. The van der Waals surface area contributed by atoms with Crippen LogP contribution in [0.15, 0.2) is 24.3 Å². The summed E-state index contributed by atoms with van der Waals surface area (Å²) < 4.78 is 0. The summed E-state index contributed by atoms with van der Waals surface area (Å²) in [6, 6.07) is 9.29. The zero-order valence-electron chi connectivity index (χ0n) is 14.1. The molecule has 0 saturated carbocycles. The van der Waals surface area contributed by atoms with Crippen LogP contribution in [-0.2, 0) is 0 Å². The summed E-state index contributed by atoms with van der Waals surface area (Å²) in [7, 11) is 5.39. The fourth-order valence-electron chi connectivity index (χ4n) is 3.05. The second-order valence-corrected chi connectivity index (χ2v) is 6.77. The van der Waals surface area contributed by atoms with E-state index in [0.29, 0.717) is 12.0 Å². The number of anilines is 1. The fourth-order valence-corrected chi connectivity index (χ4v) is 3.05. The standard InChI is InChI=1S/C18H27BN2O/c1-14(2)8-13-21(16-6-4-15(3)5-7-16)17-9-11-20(12-10-17)18(19)22/h4-7,14,17H,8-13H2,1-3H3. The van der Waals surface area contributed by atoms with Gasteiger partial charge in [0.25, 0.3) is 0 Å². The first-order chi connectivity index (χ1) is 10.5. The van der Waals surface area contributed by atoms with Crippen molar-refractivity contribution in [3.8, 4) is 0 Å². The number of carbonyl (C=O) groups excluding carboxylic acids is 1. The lowest BCUT2D eigenvalue weighted by molar-refractivity contribution is 0.202. The molecule has 1 aliphatic heterocycles. The minimum absolute atomic E-state index is 0.289. The van der Waals surface area contributed by atoms with Gasteiger partial charge in [-0.25, -0.2) is 0 Å². The number of benzene rings is 1. The van der Waals surface area contributed by atoms with Crippen LogP contribution in [0.3, 0.4) is 0 Å². The highest BCUT2D eigenvalue weighted by atomic mass is 16.1. The predicted octanol–water partition coefficient (Wildman–Crippen LogP) is 3.60. The van der Waals surface area contributed by atoms with E-state index in [-0.39, 0.29) is 5.81 Å². The Bertz CT molecular complexity index is 478. The van der Waals surface area contributed by atoms with Gasteiger partial charge < -0.3 is 9.80 Å². The zero-order valence-corrected chi connectivity index (χ0v) is 14.1. The number of aryl methyl sites for hydroxylation is 1. The highest BCUT2D eigenvalue weighted by molar-refractivity contribution is 6.56. The number of piperidine rings is 1. The van der Waals surface area contributed by atoms with Crippen molar-refractivity contribution in [2.75, 3.05) is 24.5 Å². The van der Waals surface area contributed by atoms with Crippen molar-refractivity contribution in [3.05, 3.63) is 29.8 Å². The van der Waals surface area contributed by atoms with Crippen LogP contribution in [0.5, 0.6) is 0 Å². The number of rotatable bonds is 5. The summed E-state index contributed by atoms with van der Waals surface area (Å²) in [5.74, 6) is 0.404. The Kier molecular flexibility index (Phi) is 5.93. The molecule has 2 radical (unpaired) electrons. The van der Waals surface area contributed by atoms with Crippen molar-refractivity contribution in [3.63, 3.8) is 0 Å². The molecule has 0 atom stereocenters. The molecule has 0 N–H and O–H groups in total. The van der Waals surface area contributed by atoms with Crippen molar-refractivity contribution >= 4 is 19.3 Å². The predicted molar refractivity (Wildman–Crippen MR) is 93.7 cm³/mol. The van der Waals surface area contributed by atoms with Gasteiger partial charge in [-0.2, -0.15) is 0 Å². The van der Waals surface area contributed by atoms with Gasteiger partial charge in [0.05, 0.1) is 0 Å². The molecule has 3 nitrogen and oxygen atoms in total. The van der Waals surface area contributed by atoms with Crippen LogP contribution in [0.4, 0.5) is 10.5 Å². The molecule has 1 aliphatic rings. The third kappa shape index (κ3) is 4.52. The van der Waals surface area contributed by atoms with Crippen LogP contribution in [0.1, 0.15) is 38.7 Å². The molecule has 2 rings (SSSR count). The molecule has 1 fully saturated rings. The van der Waals surface area contributed by atoms with E-state index in [1.165, 1.54) is 17.7 Å². The fraction of sp³-hybridized carbons (Fsp3) is 0.611. The molecule has 0 aliphatic carbocycles. The van der Waals surface area contributed by atoms with Crippen LogP contribution in [-0.4, -0.2) is 44.2 Å². The third-order valence-electron chi connectivity index (χ3n) is 4.53. The lowest BCUT2D eigenvalue weighted by Crippen LogP contribution is -2.47. The Hall–Kier alpha value is -1.45. The monoisotopic (exact) mass is 298 g/mol. The number of carbonyl (C=O) groups is 1. The van der Waals surface area contributed by atoms with Crippen LogP contribution < -0.4 is 4.90 Å². The first-order valence-electron chi connectivity index (χ1n) is 8.35. The van der Waals surface area contributed by atoms with Crippen molar-refractivity contribution in [2.24, 2.45) is 5.92 Å². The highest BCUT2D eigenvalue weighted by Crippen LogP contribution is 2.25. The molecular weight excluding hydrogens is 271 g/mol. The quantitative estimate of drug-likeness (QED) is 0.775. The molecular formula is C18H27BN2O. The number of amides is 1. The molecule has 1 saturated heterocycles. The Morgan fingerprint density at radius 1 is 1.27 bits per heavy atom. The number of nitrogens with zero attached hydrogens (tertiary/aromatic N) is 2. The summed E-state index contributed by atoms with van der Waals surface area (Å²) in [6.07, 6.45) is 3.17. The first-order valence-corrected chi connectivity index (χ1v) is 8.35. The lowest BCUT2D eigenvalue weighted by Gasteiger charge is -2.40. The molecule has 1 heterocycles. The largest absolute Gasteiger partial charge is 0.368 e. The third-order valence-corrected chi connectivity index (χ3v) is 4.53. The summed E-state index contributed by atoms with van der Waals surface area (Å²) >= 11 is 0. The van der Waals surface area contributed by atoms with E-state index in [1.54, 1.807) is 4.90 Å². The van der Waals surface area contributed by atoms with E-state index in [0.717, 1.165) is 32.5 Å². The van der Waals surface area contributed by atoms with Crippen molar-refractivity contribution in [2.45, 2.75) is 46.1 Å². The maximum Gasteiger partial charge on any atom is 0.200 e. The second kappa shape index (κ2) is 7.71. The van der Waals surface area contributed by atoms with E-state index in [9.17, 15) is 4.79 Å². The van der Waals surface area contributed by atoms with Gasteiger partial charge in [0.15, 0.2) is 5.81 Å². The molecule has 1 aromatic carbocycles. The zero-order chi connectivity index (χ0) is 16.1. The van der Waals surface area contributed by atoms with E-state index in [1.807, 2.05) is 0 Å². The molecule has 1 aromatic rings. The second-order valence-electron chi connectivity index (χ2n) is 6.77. The highest BCUT2D eigenvalue weighted by Gasteiger charge is 2.25. The number of hydrogen-bond acceptors (Lipinski definition) is 2. The van der Waals surface area contributed by atoms with Crippen molar-refractivity contribution in [1.29, 1.82) is 0 Å². The van der Waals surface area contributed by atoms with Crippen LogP contribution in [0.25, 0.3) is 0 Å². The van der Waals surface area contributed by atoms with Gasteiger partial charge in [-0.1, -0.05) is 31.5 Å². The molecule has 0 unspecified atom stereocenters. The molecule has 4 heteroatoms. The molecule has 0 bridgehead atoms. The summed E-state index contributed by atoms with van der Waals surface area (Å²) in [5, 5.41) is 0. The van der Waals surface area contributed by atoms with E-state index in [4.69, 9.17) is 7.85 Å². The van der Waals surface area contributed by atoms with Gasteiger partial charge in [0, 0.05) is 31.4 Å². The average molecular weight is 298 g/mol. The Balaban J connectivity index is 2.07. The van der Waals surface area contributed by atoms with E-state index >= 15 is 0 Å². The molecule has 118 valence electrons. The lowest BCUT2D eigenvalue weighted by atomic mass is 9.98. The minimum atomic E-state index is -0.289. The number of likely N-dealkylation sites (tertiary alicyclic amines) is 1. The topological polar surface area (TPSA) is 23.6 Å². The van der Waals surface area contributed by atoms with E-state index in [2.05, 4.69) is 49.9 Å². The molecule has 1 amide bonds. The normalized spacial score (nSPS) is 16.1. The minimum Gasteiger partial charge on any atom is -0.368 e. The Morgan fingerprint density at radius 3 is 2.36 bits per heavy atom. The smallest absolute Gasteiger partial charge is 0.200 e. The SMILES string of the molecule is [B]C(=O)N1CCC(N(CCC(C)C)c2ccc(C)cc2)CC1. The summed E-state index contributed by atoms with van der Waals surface area (Å²) in [5.41, 5.74) is 2.58. The van der Waals surface area contributed by atoms with Gasteiger partial charge >= 0.3 is 0 Å². The average Bonchev–Trinajstić information content (AvgIpc) is 2.49. The Morgan fingerprint density at radius 2 is 1.86 bits per heavy atom. The molecule has 0 spiro atoms. The van der Waals surface area contributed by atoms with Crippen molar-refractivity contribution in [1.82, 2.24) is 4.90 Å². The summed E-state index contributed by atoms with van der Waals surface area (Å²) in [4.78, 5) is 15.6. The van der Waals surface area contributed by atoms with Crippen LogP contribution >= 0.6 is 0 Å². The number of hydrogen-bond donors (Lipinski definition) is 0. The van der Waals surface area contributed by atoms with Gasteiger partial charge in [-0.3, -0.25) is 4.79 Å². The first kappa shape index (κ1) is 16.9.